The summed E-state index contributed by atoms with van der Waals surface area (Å²) in [5.41, 5.74) is 3.71. The molecule has 0 unspecified atom stereocenters. The lowest BCUT2D eigenvalue weighted by atomic mass is 9.96. The number of nitrogens with zero attached hydrogens (tertiary/aromatic N) is 2. The van der Waals surface area contributed by atoms with Crippen molar-refractivity contribution in [3.05, 3.63) is 60.4 Å². The first-order valence-electron chi connectivity index (χ1n) is 11.6. The Morgan fingerprint density at radius 1 is 0.968 bits per heavy atom. The smallest absolute Gasteiger partial charge is 0.225 e. The Balaban J connectivity index is 1.21. The number of pyridine rings is 1. The van der Waals surface area contributed by atoms with E-state index >= 15 is 0 Å². The Labute approximate surface area is 184 Å². The zero-order valence-electron chi connectivity index (χ0n) is 18.2. The number of carbonyl (C=O) groups excluding carboxylic acids is 1. The number of amides is 1. The van der Waals surface area contributed by atoms with Crippen LogP contribution in [-0.4, -0.2) is 35.0 Å². The molecule has 4 heteroatoms. The number of hydrogen-bond donors (Lipinski definition) is 0. The summed E-state index contributed by atoms with van der Waals surface area (Å²) in [4.78, 5) is 18.9. The Bertz CT molecular complexity index is 1060. The number of fused-ring (bicyclic) bond motifs is 1. The molecule has 0 N–H and O–H groups in total. The van der Waals surface area contributed by atoms with E-state index in [2.05, 4.69) is 59.3 Å². The highest BCUT2D eigenvalue weighted by atomic mass is 16.5. The van der Waals surface area contributed by atoms with E-state index in [1.807, 2.05) is 12.4 Å². The molecular weight excluding hydrogens is 384 g/mol. The number of aromatic nitrogens is 1. The summed E-state index contributed by atoms with van der Waals surface area (Å²) in [5.74, 6) is 1.56. The number of piperidine rings is 1. The van der Waals surface area contributed by atoms with Crippen LogP contribution in [0.4, 0.5) is 0 Å². The first-order chi connectivity index (χ1) is 15.2. The second-order valence-corrected chi connectivity index (χ2v) is 8.98. The molecule has 1 saturated heterocycles. The van der Waals surface area contributed by atoms with E-state index in [1.165, 1.54) is 40.3 Å². The minimum atomic E-state index is 0.188. The van der Waals surface area contributed by atoms with Gasteiger partial charge in [-0.1, -0.05) is 37.1 Å². The number of rotatable bonds is 4. The third-order valence-electron chi connectivity index (χ3n) is 7.02. The fourth-order valence-electron chi connectivity index (χ4n) is 5.17. The SMILES string of the molecule is Cc1c(-c2ccc(OC3CCN(C(=O)C4CCCC4)CC3)cc2)ccc2cnccc12. The van der Waals surface area contributed by atoms with Crippen LogP contribution in [0.1, 0.15) is 44.1 Å². The van der Waals surface area contributed by atoms with Crippen LogP contribution in [0.2, 0.25) is 0 Å². The van der Waals surface area contributed by atoms with E-state index in [0.717, 1.165) is 44.5 Å². The molecule has 2 heterocycles. The minimum absolute atomic E-state index is 0.188. The normalized spacial score (nSPS) is 17.9. The Kier molecular flexibility index (Phi) is 5.63. The van der Waals surface area contributed by atoms with E-state index in [-0.39, 0.29) is 12.0 Å². The molecule has 0 atom stereocenters. The number of hydrogen-bond acceptors (Lipinski definition) is 3. The Morgan fingerprint density at radius 3 is 2.45 bits per heavy atom. The molecule has 1 amide bonds. The van der Waals surface area contributed by atoms with Crippen molar-refractivity contribution in [2.45, 2.75) is 51.6 Å². The Morgan fingerprint density at radius 2 is 1.71 bits per heavy atom. The molecular formula is C27H30N2O2. The van der Waals surface area contributed by atoms with E-state index in [4.69, 9.17) is 4.74 Å². The molecule has 2 aromatic carbocycles. The number of benzene rings is 2. The number of ether oxygens (including phenoxy) is 1. The van der Waals surface area contributed by atoms with E-state index in [9.17, 15) is 4.79 Å². The van der Waals surface area contributed by atoms with Gasteiger partial charge in [0.1, 0.15) is 11.9 Å². The molecule has 1 aliphatic carbocycles. The van der Waals surface area contributed by atoms with Crippen LogP contribution in [0.5, 0.6) is 5.75 Å². The minimum Gasteiger partial charge on any atom is -0.490 e. The molecule has 3 aromatic rings. The number of likely N-dealkylation sites (tertiary alicyclic amines) is 1. The highest BCUT2D eigenvalue weighted by Crippen LogP contribution is 2.31. The number of aryl methyl sites for hydroxylation is 1. The van der Waals surface area contributed by atoms with Crippen LogP contribution in [0.3, 0.4) is 0 Å². The molecule has 2 aliphatic rings. The molecule has 0 spiro atoms. The molecule has 0 radical (unpaired) electrons. The van der Waals surface area contributed by atoms with Crippen molar-refractivity contribution < 1.29 is 9.53 Å². The fraction of sp³-hybridized carbons (Fsp3) is 0.407. The summed E-state index contributed by atoms with van der Waals surface area (Å²) in [6.45, 7) is 3.81. The van der Waals surface area contributed by atoms with Gasteiger partial charge < -0.3 is 9.64 Å². The van der Waals surface area contributed by atoms with Crippen molar-refractivity contribution in [2.24, 2.45) is 5.92 Å². The molecule has 1 saturated carbocycles. The van der Waals surface area contributed by atoms with Gasteiger partial charge in [0.25, 0.3) is 0 Å². The molecule has 160 valence electrons. The second kappa shape index (κ2) is 8.70. The molecule has 5 rings (SSSR count). The maximum Gasteiger partial charge on any atom is 0.225 e. The van der Waals surface area contributed by atoms with Crippen LogP contribution in [-0.2, 0) is 4.79 Å². The van der Waals surface area contributed by atoms with Gasteiger partial charge in [0.15, 0.2) is 0 Å². The molecule has 31 heavy (non-hydrogen) atoms. The van der Waals surface area contributed by atoms with Gasteiger partial charge in [-0.2, -0.15) is 0 Å². The summed E-state index contributed by atoms with van der Waals surface area (Å²) in [6, 6.07) is 14.8. The van der Waals surface area contributed by atoms with Crippen molar-refractivity contribution in [3.63, 3.8) is 0 Å². The predicted molar refractivity (Wildman–Crippen MR) is 124 cm³/mol. The largest absolute Gasteiger partial charge is 0.490 e. The van der Waals surface area contributed by atoms with Crippen molar-refractivity contribution in [3.8, 4) is 16.9 Å². The van der Waals surface area contributed by atoms with E-state index < -0.39 is 0 Å². The van der Waals surface area contributed by atoms with Gasteiger partial charge in [-0.05, 0) is 60.0 Å². The third-order valence-corrected chi connectivity index (χ3v) is 7.02. The average Bonchev–Trinajstić information content (AvgIpc) is 3.35. The molecule has 1 aliphatic heterocycles. The van der Waals surface area contributed by atoms with Gasteiger partial charge in [-0.25, -0.2) is 0 Å². The predicted octanol–water partition coefficient (Wildman–Crippen LogP) is 5.77. The zero-order chi connectivity index (χ0) is 21.2. The van der Waals surface area contributed by atoms with Gasteiger partial charge >= 0.3 is 0 Å². The fourth-order valence-corrected chi connectivity index (χ4v) is 5.17. The van der Waals surface area contributed by atoms with E-state index in [0.29, 0.717) is 5.91 Å². The van der Waals surface area contributed by atoms with Crippen molar-refractivity contribution >= 4 is 16.7 Å². The van der Waals surface area contributed by atoms with Gasteiger partial charge in [-0.15, -0.1) is 0 Å². The maximum atomic E-state index is 12.6. The summed E-state index contributed by atoms with van der Waals surface area (Å²) in [5, 5.41) is 2.41. The summed E-state index contributed by atoms with van der Waals surface area (Å²) >= 11 is 0. The molecule has 2 fully saturated rings. The van der Waals surface area contributed by atoms with Crippen LogP contribution in [0.25, 0.3) is 21.9 Å². The van der Waals surface area contributed by atoms with Crippen LogP contribution < -0.4 is 4.74 Å². The second-order valence-electron chi connectivity index (χ2n) is 8.98. The number of carbonyl (C=O) groups is 1. The monoisotopic (exact) mass is 414 g/mol. The van der Waals surface area contributed by atoms with Crippen molar-refractivity contribution in [1.29, 1.82) is 0 Å². The topological polar surface area (TPSA) is 42.4 Å². The lowest BCUT2D eigenvalue weighted by Crippen LogP contribution is -2.43. The summed E-state index contributed by atoms with van der Waals surface area (Å²) in [6.07, 6.45) is 10.4. The third kappa shape index (κ3) is 4.16. The molecule has 0 bridgehead atoms. The molecule has 4 nitrogen and oxygen atoms in total. The first kappa shape index (κ1) is 20.0. The zero-order valence-corrected chi connectivity index (χ0v) is 18.2. The Hall–Kier alpha value is -2.88. The van der Waals surface area contributed by atoms with Gasteiger partial charge in [0, 0.05) is 49.6 Å². The lowest BCUT2D eigenvalue weighted by molar-refractivity contribution is -0.137. The van der Waals surface area contributed by atoms with Crippen LogP contribution in [0.15, 0.2) is 54.9 Å². The van der Waals surface area contributed by atoms with Gasteiger partial charge in [0.2, 0.25) is 5.91 Å². The summed E-state index contributed by atoms with van der Waals surface area (Å²) < 4.78 is 6.25. The van der Waals surface area contributed by atoms with Crippen molar-refractivity contribution in [2.75, 3.05) is 13.1 Å². The van der Waals surface area contributed by atoms with Gasteiger partial charge in [-0.3, -0.25) is 9.78 Å². The van der Waals surface area contributed by atoms with Crippen LogP contribution in [0, 0.1) is 12.8 Å². The highest BCUT2D eigenvalue weighted by Gasteiger charge is 2.30. The maximum absolute atomic E-state index is 12.6. The van der Waals surface area contributed by atoms with Crippen molar-refractivity contribution in [1.82, 2.24) is 9.88 Å². The lowest BCUT2D eigenvalue weighted by Gasteiger charge is -2.33. The van der Waals surface area contributed by atoms with E-state index in [1.54, 1.807) is 0 Å². The summed E-state index contributed by atoms with van der Waals surface area (Å²) in [7, 11) is 0. The van der Waals surface area contributed by atoms with Crippen LogP contribution >= 0.6 is 0 Å². The quantitative estimate of drug-likeness (QED) is 0.544. The van der Waals surface area contributed by atoms with Gasteiger partial charge in [0.05, 0.1) is 0 Å². The average molecular weight is 415 g/mol. The first-order valence-corrected chi connectivity index (χ1v) is 11.6. The highest BCUT2D eigenvalue weighted by molar-refractivity contribution is 5.90. The standard InChI is InChI=1S/C27H30N2O2/c1-19-25(11-8-22-18-28-15-12-26(19)22)20-6-9-23(10-7-20)31-24-13-16-29(17-14-24)27(30)21-4-2-3-5-21/h6-12,15,18,21,24H,2-5,13-14,16-17H2,1H3. The molecule has 1 aromatic heterocycles.